The Labute approximate surface area is 107 Å². The molecule has 0 amide bonds. The van der Waals surface area contributed by atoms with E-state index in [1.807, 2.05) is 0 Å². The zero-order chi connectivity index (χ0) is 12.5. The van der Waals surface area contributed by atoms with Crippen molar-refractivity contribution in [2.75, 3.05) is 31.1 Å². The molecule has 0 aliphatic carbocycles. The van der Waals surface area contributed by atoms with Gasteiger partial charge >= 0.3 is 0 Å². The third-order valence-corrected chi connectivity index (χ3v) is 3.87. The molecule has 6 nitrogen and oxygen atoms in total. The molecule has 18 heavy (non-hydrogen) atoms. The van der Waals surface area contributed by atoms with Crippen molar-refractivity contribution in [1.82, 2.24) is 20.5 Å². The van der Waals surface area contributed by atoms with Gasteiger partial charge < -0.3 is 15.0 Å². The van der Waals surface area contributed by atoms with E-state index in [0.29, 0.717) is 12.0 Å². The number of rotatable bonds is 2. The molecule has 0 bridgehead atoms. The van der Waals surface area contributed by atoms with Crippen molar-refractivity contribution in [3.8, 4) is 0 Å². The van der Waals surface area contributed by atoms with Gasteiger partial charge in [0.15, 0.2) is 0 Å². The fourth-order valence-electron chi connectivity index (χ4n) is 2.78. The molecule has 2 aliphatic heterocycles. The van der Waals surface area contributed by atoms with E-state index in [4.69, 9.17) is 4.74 Å². The maximum atomic E-state index is 5.58. The van der Waals surface area contributed by atoms with Crippen LogP contribution < -0.4 is 10.2 Å². The van der Waals surface area contributed by atoms with Gasteiger partial charge in [0.25, 0.3) is 0 Å². The quantitative estimate of drug-likeness (QED) is 0.801. The average Bonchev–Trinajstić information content (AvgIpc) is 2.97. The van der Waals surface area contributed by atoms with Crippen molar-refractivity contribution in [1.29, 1.82) is 0 Å². The van der Waals surface area contributed by atoms with Gasteiger partial charge in [0.1, 0.15) is 5.82 Å². The molecule has 1 aromatic heterocycles. The summed E-state index contributed by atoms with van der Waals surface area (Å²) in [5.41, 5.74) is 0. The normalized spacial score (nSPS) is 33.0. The van der Waals surface area contributed by atoms with Gasteiger partial charge in [-0.25, -0.2) is 0 Å². The first-order valence-corrected chi connectivity index (χ1v) is 6.76. The number of aromatic amines is 1. The molecule has 6 heteroatoms. The smallest absolute Gasteiger partial charge is 0.244 e. The van der Waals surface area contributed by atoms with Gasteiger partial charge in [0.2, 0.25) is 5.95 Å². The SMILES string of the molecule is CC1CN(c2n[nH]c(C3CCOC3C)n2)CCN1. The lowest BCUT2D eigenvalue weighted by Crippen LogP contribution is -2.49. The number of H-pyrrole nitrogens is 1. The number of aromatic nitrogens is 3. The second-order valence-corrected chi connectivity index (χ2v) is 5.29. The Morgan fingerprint density at radius 3 is 3.00 bits per heavy atom. The van der Waals surface area contributed by atoms with E-state index in [0.717, 1.165) is 44.4 Å². The summed E-state index contributed by atoms with van der Waals surface area (Å²) in [4.78, 5) is 6.89. The highest BCUT2D eigenvalue weighted by atomic mass is 16.5. The van der Waals surface area contributed by atoms with E-state index < -0.39 is 0 Å². The molecule has 0 radical (unpaired) electrons. The van der Waals surface area contributed by atoms with Gasteiger partial charge in [-0.1, -0.05) is 0 Å². The summed E-state index contributed by atoms with van der Waals surface area (Å²) in [6.45, 7) is 8.05. The lowest BCUT2D eigenvalue weighted by Gasteiger charge is -2.30. The summed E-state index contributed by atoms with van der Waals surface area (Å²) in [5, 5.41) is 10.9. The number of anilines is 1. The first-order valence-electron chi connectivity index (χ1n) is 6.76. The van der Waals surface area contributed by atoms with Crippen molar-refractivity contribution in [3.63, 3.8) is 0 Å². The monoisotopic (exact) mass is 251 g/mol. The second-order valence-electron chi connectivity index (χ2n) is 5.29. The van der Waals surface area contributed by atoms with Gasteiger partial charge in [0, 0.05) is 38.2 Å². The molecular formula is C12H21N5O. The van der Waals surface area contributed by atoms with Gasteiger partial charge in [-0.3, -0.25) is 5.10 Å². The van der Waals surface area contributed by atoms with E-state index in [1.54, 1.807) is 0 Å². The number of nitrogens with one attached hydrogen (secondary N) is 2. The van der Waals surface area contributed by atoms with Crippen LogP contribution in [-0.2, 0) is 4.74 Å². The third kappa shape index (κ3) is 2.22. The number of nitrogens with zero attached hydrogens (tertiary/aromatic N) is 3. The zero-order valence-electron chi connectivity index (χ0n) is 11.0. The average molecular weight is 251 g/mol. The Balaban J connectivity index is 1.72. The van der Waals surface area contributed by atoms with Crippen molar-refractivity contribution < 1.29 is 4.74 Å². The number of hydrogen-bond acceptors (Lipinski definition) is 5. The maximum Gasteiger partial charge on any atom is 0.244 e. The Kier molecular flexibility index (Phi) is 3.22. The molecule has 0 aromatic carbocycles. The first-order chi connectivity index (χ1) is 8.74. The molecule has 100 valence electrons. The predicted octanol–water partition coefficient (Wildman–Crippen LogP) is 0.495. The van der Waals surface area contributed by atoms with Crippen LogP contribution in [0.25, 0.3) is 0 Å². The molecule has 3 atom stereocenters. The number of ether oxygens (including phenoxy) is 1. The van der Waals surface area contributed by atoms with Crippen LogP contribution in [0.15, 0.2) is 0 Å². The molecule has 0 spiro atoms. The van der Waals surface area contributed by atoms with Gasteiger partial charge in [-0.05, 0) is 20.3 Å². The largest absolute Gasteiger partial charge is 0.378 e. The Hall–Kier alpha value is -1.14. The maximum absolute atomic E-state index is 5.58. The minimum absolute atomic E-state index is 0.243. The van der Waals surface area contributed by atoms with Crippen LogP contribution in [0.3, 0.4) is 0 Å². The summed E-state index contributed by atoms with van der Waals surface area (Å²) < 4.78 is 5.58. The molecular weight excluding hydrogens is 230 g/mol. The van der Waals surface area contributed by atoms with Crippen LogP contribution in [0.4, 0.5) is 5.95 Å². The van der Waals surface area contributed by atoms with Gasteiger partial charge in [0.05, 0.1) is 6.10 Å². The fourth-order valence-corrected chi connectivity index (χ4v) is 2.78. The fraction of sp³-hybridized carbons (Fsp3) is 0.833. The molecule has 3 heterocycles. The Morgan fingerprint density at radius 1 is 1.39 bits per heavy atom. The van der Waals surface area contributed by atoms with E-state index in [9.17, 15) is 0 Å². The van der Waals surface area contributed by atoms with Crippen LogP contribution in [0.2, 0.25) is 0 Å². The van der Waals surface area contributed by atoms with Crippen molar-refractivity contribution in [2.24, 2.45) is 0 Å². The molecule has 2 fully saturated rings. The van der Waals surface area contributed by atoms with Crippen LogP contribution in [0.1, 0.15) is 32.0 Å². The van der Waals surface area contributed by atoms with Crippen LogP contribution in [-0.4, -0.2) is 53.6 Å². The summed E-state index contributed by atoms with van der Waals surface area (Å²) in [7, 11) is 0. The topological polar surface area (TPSA) is 66.1 Å². The van der Waals surface area contributed by atoms with E-state index in [1.165, 1.54) is 0 Å². The molecule has 2 aliphatic rings. The standard InChI is InChI=1S/C12H21N5O/c1-8-7-17(5-4-13-8)12-14-11(15-16-12)10-3-6-18-9(10)2/h8-10,13H,3-7H2,1-2H3,(H,14,15,16). The highest BCUT2D eigenvalue weighted by molar-refractivity contribution is 5.30. The lowest BCUT2D eigenvalue weighted by molar-refractivity contribution is 0.117. The molecule has 3 unspecified atom stereocenters. The molecule has 2 saturated heterocycles. The molecule has 0 saturated carbocycles. The highest BCUT2D eigenvalue weighted by Crippen LogP contribution is 2.29. The molecule has 1 aromatic rings. The minimum atomic E-state index is 0.243. The van der Waals surface area contributed by atoms with Crippen LogP contribution in [0, 0.1) is 0 Å². The van der Waals surface area contributed by atoms with Gasteiger partial charge in [-0.2, -0.15) is 4.98 Å². The van der Waals surface area contributed by atoms with Crippen molar-refractivity contribution in [3.05, 3.63) is 5.82 Å². The van der Waals surface area contributed by atoms with E-state index in [2.05, 4.69) is 39.2 Å². The first kappa shape index (κ1) is 11.9. The van der Waals surface area contributed by atoms with Crippen molar-refractivity contribution in [2.45, 2.75) is 38.3 Å². The third-order valence-electron chi connectivity index (χ3n) is 3.87. The van der Waals surface area contributed by atoms with Crippen LogP contribution in [0.5, 0.6) is 0 Å². The second kappa shape index (κ2) is 4.85. The minimum Gasteiger partial charge on any atom is -0.378 e. The highest BCUT2D eigenvalue weighted by Gasteiger charge is 2.29. The zero-order valence-corrected chi connectivity index (χ0v) is 11.0. The summed E-state index contributed by atoms with van der Waals surface area (Å²) in [5.74, 6) is 2.17. The number of hydrogen-bond donors (Lipinski definition) is 2. The van der Waals surface area contributed by atoms with Gasteiger partial charge in [-0.15, -0.1) is 5.10 Å². The summed E-state index contributed by atoms with van der Waals surface area (Å²) in [6, 6.07) is 0.495. The molecule has 3 rings (SSSR count). The Bertz CT molecular complexity index is 407. The molecule has 2 N–H and O–H groups in total. The summed E-state index contributed by atoms with van der Waals surface area (Å²) >= 11 is 0. The van der Waals surface area contributed by atoms with Crippen molar-refractivity contribution >= 4 is 5.95 Å². The number of piperazine rings is 1. The van der Waals surface area contributed by atoms with E-state index >= 15 is 0 Å². The lowest BCUT2D eigenvalue weighted by atomic mass is 10.0. The van der Waals surface area contributed by atoms with Crippen LogP contribution >= 0.6 is 0 Å². The Morgan fingerprint density at radius 2 is 2.28 bits per heavy atom. The van der Waals surface area contributed by atoms with E-state index in [-0.39, 0.29) is 6.10 Å². The summed E-state index contributed by atoms with van der Waals surface area (Å²) in [6.07, 6.45) is 1.28. The predicted molar refractivity (Wildman–Crippen MR) is 68.8 cm³/mol.